The summed E-state index contributed by atoms with van der Waals surface area (Å²) in [7, 11) is 0. The molecule has 2 aromatic rings. The third-order valence-corrected chi connectivity index (χ3v) is 3.81. The van der Waals surface area contributed by atoms with E-state index in [1.807, 2.05) is 6.07 Å². The van der Waals surface area contributed by atoms with Crippen LogP contribution in [-0.4, -0.2) is 15.9 Å². The Hall–Kier alpha value is -2.48. The van der Waals surface area contributed by atoms with Crippen molar-refractivity contribution < 1.29 is 9.32 Å². The van der Waals surface area contributed by atoms with E-state index in [2.05, 4.69) is 10.1 Å². The summed E-state index contributed by atoms with van der Waals surface area (Å²) in [5.74, 6) is -0.444. The number of aryl methyl sites for hydroxylation is 1. The van der Waals surface area contributed by atoms with Gasteiger partial charge >= 0.3 is 0 Å². The molecule has 5 nitrogen and oxygen atoms in total. The maximum Gasteiger partial charge on any atom is 0.208 e. The molecule has 0 fully saturated rings. The molecule has 3 rings (SSSR count). The van der Waals surface area contributed by atoms with E-state index >= 15 is 0 Å². The Balaban J connectivity index is 1.95. The Kier molecular flexibility index (Phi) is 3.78. The van der Waals surface area contributed by atoms with Crippen molar-refractivity contribution in [3.63, 3.8) is 0 Å². The van der Waals surface area contributed by atoms with E-state index in [1.54, 1.807) is 24.4 Å². The van der Waals surface area contributed by atoms with Crippen molar-refractivity contribution in [3.05, 3.63) is 47.1 Å². The Bertz CT molecular complexity index is 685. The number of hydrogen-bond acceptors (Lipinski definition) is 5. The topological polar surface area (TPSA) is 79.8 Å². The molecule has 5 heteroatoms. The average molecular weight is 281 g/mol. The van der Waals surface area contributed by atoms with Gasteiger partial charge in [-0.3, -0.25) is 9.78 Å². The second-order valence-corrected chi connectivity index (χ2v) is 5.17. The van der Waals surface area contributed by atoms with Gasteiger partial charge in [0.15, 0.2) is 11.6 Å². The number of nitriles is 1. The standard InChI is InChI=1S/C16H15N3O2/c17-10-12(13-7-4-5-9-18-13)16(20)15-11-6-2-1-3-8-14(11)21-19-15/h4-5,7,9,12H,1-3,6,8H2/t12-/m0/s1. The van der Waals surface area contributed by atoms with Crippen molar-refractivity contribution in [1.82, 2.24) is 10.1 Å². The van der Waals surface area contributed by atoms with Gasteiger partial charge in [0.1, 0.15) is 5.76 Å². The Labute approximate surface area is 122 Å². The number of carbonyl (C=O) groups is 1. The van der Waals surface area contributed by atoms with E-state index in [1.165, 1.54) is 0 Å². The quantitative estimate of drug-likeness (QED) is 0.638. The highest BCUT2D eigenvalue weighted by Gasteiger charge is 2.30. The van der Waals surface area contributed by atoms with Crippen molar-refractivity contribution in [2.45, 2.75) is 38.0 Å². The first-order valence-corrected chi connectivity index (χ1v) is 7.13. The SMILES string of the molecule is N#C[C@H](C(=O)c1noc2c1CCCCC2)c1ccccn1. The first kappa shape index (κ1) is 13.5. The largest absolute Gasteiger partial charge is 0.360 e. The highest BCUT2D eigenvalue weighted by molar-refractivity contribution is 6.02. The Morgan fingerprint density at radius 2 is 2.14 bits per heavy atom. The minimum atomic E-state index is -0.927. The number of carbonyl (C=O) groups excluding carboxylic acids is 1. The van der Waals surface area contributed by atoms with Crippen molar-refractivity contribution >= 4 is 5.78 Å². The van der Waals surface area contributed by atoms with Crippen LogP contribution in [-0.2, 0) is 12.8 Å². The lowest BCUT2D eigenvalue weighted by atomic mass is 9.95. The summed E-state index contributed by atoms with van der Waals surface area (Å²) in [6.45, 7) is 0. The smallest absolute Gasteiger partial charge is 0.208 e. The predicted octanol–water partition coefficient (Wildman–Crippen LogP) is 2.83. The first-order valence-electron chi connectivity index (χ1n) is 7.13. The van der Waals surface area contributed by atoms with Gasteiger partial charge in [-0.15, -0.1) is 0 Å². The average Bonchev–Trinajstić information content (AvgIpc) is 2.78. The Morgan fingerprint density at radius 3 is 2.90 bits per heavy atom. The number of aromatic nitrogens is 2. The van der Waals surface area contributed by atoms with Crippen LogP contribution >= 0.6 is 0 Å². The highest BCUT2D eigenvalue weighted by atomic mass is 16.5. The van der Waals surface area contributed by atoms with Crippen LogP contribution in [0, 0.1) is 11.3 Å². The second-order valence-electron chi connectivity index (χ2n) is 5.17. The Morgan fingerprint density at radius 1 is 1.29 bits per heavy atom. The number of nitrogens with zero attached hydrogens (tertiary/aromatic N) is 3. The lowest BCUT2D eigenvalue weighted by Gasteiger charge is -2.06. The van der Waals surface area contributed by atoms with Crippen LogP contribution < -0.4 is 0 Å². The zero-order chi connectivity index (χ0) is 14.7. The lowest BCUT2D eigenvalue weighted by molar-refractivity contribution is 0.0968. The number of rotatable bonds is 3. The maximum atomic E-state index is 12.6. The third kappa shape index (κ3) is 2.57. The number of fused-ring (bicyclic) bond motifs is 1. The molecule has 2 heterocycles. The predicted molar refractivity (Wildman–Crippen MR) is 74.7 cm³/mol. The molecule has 0 aliphatic heterocycles. The van der Waals surface area contributed by atoms with E-state index < -0.39 is 5.92 Å². The molecule has 0 bridgehead atoms. The van der Waals surface area contributed by atoms with Crippen LogP contribution in [0.2, 0.25) is 0 Å². The van der Waals surface area contributed by atoms with Crippen molar-refractivity contribution in [3.8, 4) is 6.07 Å². The molecule has 21 heavy (non-hydrogen) atoms. The molecule has 0 aromatic carbocycles. The van der Waals surface area contributed by atoms with Gasteiger partial charge in [-0.1, -0.05) is 17.6 Å². The molecule has 0 N–H and O–H groups in total. The van der Waals surface area contributed by atoms with E-state index in [-0.39, 0.29) is 5.78 Å². The molecular formula is C16H15N3O2. The van der Waals surface area contributed by atoms with Gasteiger partial charge in [0.25, 0.3) is 0 Å². The fourth-order valence-corrected chi connectivity index (χ4v) is 2.70. The van der Waals surface area contributed by atoms with Gasteiger partial charge in [-0.05, 0) is 31.4 Å². The van der Waals surface area contributed by atoms with Gasteiger partial charge < -0.3 is 4.52 Å². The molecule has 0 saturated heterocycles. The summed E-state index contributed by atoms with van der Waals surface area (Å²) in [6, 6.07) is 7.24. The molecule has 1 atom stereocenters. The number of Topliss-reactive ketones (excluding diaryl/α,β-unsaturated/α-hetero) is 1. The molecule has 106 valence electrons. The molecule has 0 unspecified atom stereocenters. The van der Waals surface area contributed by atoms with Crippen LogP contribution in [0.3, 0.4) is 0 Å². The van der Waals surface area contributed by atoms with Crippen LogP contribution in [0.5, 0.6) is 0 Å². The fourth-order valence-electron chi connectivity index (χ4n) is 2.70. The lowest BCUT2D eigenvalue weighted by Crippen LogP contribution is -2.15. The number of ketones is 1. The minimum absolute atomic E-state index is 0.309. The summed E-state index contributed by atoms with van der Waals surface area (Å²) in [5.41, 5.74) is 1.65. The molecule has 0 saturated carbocycles. The van der Waals surface area contributed by atoms with E-state index in [0.717, 1.165) is 43.4 Å². The van der Waals surface area contributed by atoms with Crippen LogP contribution in [0.15, 0.2) is 28.9 Å². The maximum absolute atomic E-state index is 12.6. The molecular weight excluding hydrogens is 266 g/mol. The third-order valence-electron chi connectivity index (χ3n) is 3.81. The van der Waals surface area contributed by atoms with Crippen molar-refractivity contribution in [2.75, 3.05) is 0 Å². The van der Waals surface area contributed by atoms with Crippen LogP contribution in [0.25, 0.3) is 0 Å². The van der Waals surface area contributed by atoms with Gasteiger partial charge in [0.05, 0.1) is 11.8 Å². The van der Waals surface area contributed by atoms with Crippen LogP contribution in [0.1, 0.15) is 52.7 Å². The summed E-state index contributed by atoms with van der Waals surface area (Å²) in [6.07, 6.45) is 6.39. The van der Waals surface area contributed by atoms with E-state index in [4.69, 9.17) is 4.52 Å². The zero-order valence-electron chi connectivity index (χ0n) is 11.6. The van der Waals surface area contributed by atoms with Gasteiger partial charge in [-0.25, -0.2) is 0 Å². The summed E-state index contributed by atoms with van der Waals surface area (Å²) < 4.78 is 5.32. The fraction of sp³-hybridized carbons (Fsp3) is 0.375. The highest BCUT2D eigenvalue weighted by Crippen LogP contribution is 2.27. The molecule has 2 aromatic heterocycles. The van der Waals surface area contributed by atoms with Gasteiger partial charge in [-0.2, -0.15) is 5.26 Å². The molecule has 0 radical (unpaired) electrons. The molecule has 0 spiro atoms. The summed E-state index contributed by atoms with van der Waals surface area (Å²) in [4.78, 5) is 16.7. The first-order chi connectivity index (χ1) is 10.3. The molecule has 1 aliphatic carbocycles. The monoisotopic (exact) mass is 281 g/mol. The zero-order valence-corrected chi connectivity index (χ0v) is 11.6. The number of hydrogen-bond donors (Lipinski definition) is 0. The molecule has 0 amide bonds. The van der Waals surface area contributed by atoms with Crippen LogP contribution in [0.4, 0.5) is 0 Å². The molecule has 1 aliphatic rings. The van der Waals surface area contributed by atoms with Crippen molar-refractivity contribution in [2.24, 2.45) is 0 Å². The summed E-state index contributed by atoms with van der Waals surface area (Å²) >= 11 is 0. The van der Waals surface area contributed by atoms with Gasteiger partial charge in [0.2, 0.25) is 5.78 Å². The number of pyridine rings is 1. The second kappa shape index (κ2) is 5.88. The van der Waals surface area contributed by atoms with E-state index in [0.29, 0.717) is 11.4 Å². The summed E-state index contributed by atoms with van der Waals surface area (Å²) in [5, 5.41) is 13.3. The van der Waals surface area contributed by atoms with Gasteiger partial charge in [0, 0.05) is 18.2 Å². The normalized spacial score (nSPS) is 15.6. The minimum Gasteiger partial charge on any atom is -0.360 e. The van der Waals surface area contributed by atoms with E-state index in [9.17, 15) is 10.1 Å². The van der Waals surface area contributed by atoms with Crippen molar-refractivity contribution in [1.29, 1.82) is 5.26 Å².